The molecule has 0 unspecified atom stereocenters. The molecule has 0 N–H and O–H groups in total. The van der Waals surface area contributed by atoms with E-state index >= 15 is 0 Å². The van der Waals surface area contributed by atoms with Gasteiger partial charge in [-0.25, -0.2) is 0 Å². The molecule has 10 heteroatoms. The van der Waals surface area contributed by atoms with Gasteiger partial charge in [0, 0.05) is 25.3 Å². The molecular formula is C24H20N4O5S. The van der Waals surface area contributed by atoms with E-state index in [1.807, 2.05) is 48.5 Å². The predicted molar refractivity (Wildman–Crippen MR) is 127 cm³/mol. The van der Waals surface area contributed by atoms with E-state index in [1.54, 1.807) is 18.9 Å². The van der Waals surface area contributed by atoms with Crippen molar-refractivity contribution in [2.45, 2.75) is 11.8 Å². The molecule has 3 aromatic rings. The number of hydrogen-bond acceptors (Lipinski definition) is 8. The molecule has 0 aromatic heterocycles. The van der Waals surface area contributed by atoms with E-state index in [-0.39, 0.29) is 18.7 Å². The van der Waals surface area contributed by atoms with Gasteiger partial charge >= 0.3 is 10.1 Å². The normalized spacial score (nSPS) is 10.8. The van der Waals surface area contributed by atoms with Crippen LogP contribution in [0.15, 0.2) is 71.1 Å². The van der Waals surface area contributed by atoms with Crippen LogP contribution in [0.5, 0.6) is 0 Å². The van der Waals surface area contributed by atoms with E-state index < -0.39 is 25.6 Å². The van der Waals surface area contributed by atoms with Gasteiger partial charge in [-0.1, -0.05) is 30.3 Å². The standard InChI is InChI=1S/C24H20N4O5S/c1-17(21(15-25)16-26)18-7-8-20-14-22(10-9-19(20)13-18)27(2)11-12-33-34(31,32)24-6-4-3-5-23(24)28(29)30/h3-10,13-14H,11-12H2,1-2H3. The lowest BCUT2D eigenvalue weighted by atomic mass is 9.99. The van der Waals surface area contributed by atoms with Crippen LogP contribution >= 0.6 is 0 Å². The van der Waals surface area contributed by atoms with Crippen molar-refractivity contribution in [3.8, 4) is 12.1 Å². The molecule has 3 aromatic carbocycles. The second kappa shape index (κ2) is 10.1. The molecule has 0 aliphatic carbocycles. The van der Waals surface area contributed by atoms with E-state index in [2.05, 4.69) is 0 Å². The maximum Gasteiger partial charge on any atom is 0.303 e. The van der Waals surface area contributed by atoms with E-state index in [0.29, 0.717) is 5.57 Å². The molecule has 34 heavy (non-hydrogen) atoms. The molecule has 9 nitrogen and oxygen atoms in total. The summed E-state index contributed by atoms with van der Waals surface area (Å²) in [4.78, 5) is 11.7. The van der Waals surface area contributed by atoms with Gasteiger partial charge in [0.05, 0.1) is 11.5 Å². The third-order valence-corrected chi connectivity index (χ3v) is 6.65. The van der Waals surface area contributed by atoms with Crippen LogP contribution in [-0.2, 0) is 14.3 Å². The van der Waals surface area contributed by atoms with Crippen molar-refractivity contribution >= 4 is 37.8 Å². The molecule has 0 fully saturated rings. The average molecular weight is 477 g/mol. The maximum absolute atomic E-state index is 12.4. The first-order chi connectivity index (χ1) is 16.2. The van der Waals surface area contributed by atoms with Gasteiger partial charge in [-0.05, 0) is 53.1 Å². The number of nitro benzene ring substituents is 1. The fourth-order valence-electron chi connectivity index (χ4n) is 3.34. The first-order valence-corrected chi connectivity index (χ1v) is 11.5. The molecule has 0 amide bonds. The van der Waals surface area contributed by atoms with Crippen LogP contribution in [0.25, 0.3) is 16.3 Å². The lowest BCUT2D eigenvalue weighted by Gasteiger charge is -2.20. The Morgan fingerprint density at radius 3 is 2.38 bits per heavy atom. The van der Waals surface area contributed by atoms with Crippen molar-refractivity contribution in [1.82, 2.24) is 0 Å². The number of nitrogens with zero attached hydrogens (tertiary/aromatic N) is 4. The molecular weight excluding hydrogens is 456 g/mol. The van der Waals surface area contributed by atoms with Gasteiger partial charge in [0.25, 0.3) is 5.69 Å². The van der Waals surface area contributed by atoms with Crippen LogP contribution in [0.1, 0.15) is 12.5 Å². The van der Waals surface area contributed by atoms with Gasteiger partial charge < -0.3 is 4.90 Å². The summed E-state index contributed by atoms with van der Waals surface area (Å²) in [5, 5.41) is 31.1. The minimum atomic E-state index is -4.29. The Kier molecular flexibility index (Phi) is 7.27. The number of para-hydroxylation sites is 1. The van der Waals surface area contributed by atoms with Crippen molar-refractivity contribution in [3.63, 3.8) is 0 Å². The number of nitro groups is 1. The third-order valence-electron chi connectivity index (χ3n) is 5.29. The second-order valence-corrected chi connectivity index (χ2v) is 8.98. The highest BCUT2D eigenvalue weighted by atomic mass is 32.2. The predicted octanol–water partition coefficient (Wildman–Crippen LogP) is 4.41. The van der Waals surface area contributed by atoms with E-state index in [4.69, 9.17) is 14.7 Å². The lowest BCUT2D eigenvalue weighted by molar-refractivity contribution is -0.387. The molecule has 0 aliphatic heterocycles. The molecule has 0 aliphatic rings. The minimum absolute atomic E-state index is 0.0616. The summed E-state index contributed by atoms with van der Waals surface area (Å²) in [5.74, 6) is 0. The highest BCUT2D eigenvalue weighted by molar-refractivity contribution is 7.87. The van der Waals surface area contributed by atoms with Crippen LogP contribution in [0, 0.1) is 32.8 Å². The molecule has 3 rings (SSSR count). The number of likely N-dealkylation sites (N-methyl/N-ethyl adjacent to an activating group) is 1. The van der Waals surface area contributed by atoms with E-state index in [9.17, 15) is 18.5 Å². The summed E-state index contributed by atoms with van der Waals surface area (Å²) in [6.07, 6.45) is 0. The Morgan fingerprint density at radius 2 is 1.71 bits per heavy atom. The monoisotopic (exact) mass is 476 g/mol. The zero-order valence-electron chi connectivity index (χ0n) is 18.4. The van der Waals surface area contributed by atoms with Gasteiger partial charge in [0.15, 0.2) is 4.90 Å². The van der Waals surface area contributed by atoms with Crippen molar-refractivity contribution in [2.75, 3.05) is 25.1 Å². The SMILES string of the molecule is CC(=C(C#N)C#N)c1ccc2cc(N(C)CCOS(=O)(=O)c3ccccc3[N+](=O)[O-])ccc2c1. The van der Waals surface area contributed by atoms with Crippen molar-refractivity contribution in [3.05, 3.63) is 81.9 Å². The average Bonchev–Trinajstić information content (AvgIpc) is 2.83. The quantitative estimate of drug-likeness (QED) is 0.202. The zero-order valence-corrected chi connectivity index (χ0v) is 19.2. The third kappa shape index (κ3) is 5.21. The van der Waals surface area contributed by atoms with E-state index in [0.717, 1.165) is 34.2 Å². The first-order valence-electron chi connectivity index (χ1n) is 10.1. The first kappa shape index (κ1) is 24.4. The van der Waals surface area contributed by atoms with Gasteiger partial charge in [0.1, 0.15) is 17.7 Å². The summed E-state index contributed by atoms with van der Waals surface area (Å²) >= 11 is 0. The molecule has 172 valence electrons. The Hall–Kier alpha value is -4.25. The van der Waals surface area contributed by atoms with Gasteiger partial charge in [-0.3, -0.25) is 14.3 Å². The minimum Gasteiger partial charge on any atom is -0.372 e. The Labute approximate surface area is 197 Å². The van der Waals surface area contributed by atoms with Crippen LogP contribution in [0.3, 0.4) is 0 Å². The second-order valence-electron chi connectivity index (χ2n) is 7.39. The van der Waals surface area contributed by atoms with Crippen LogP contribution in [-0.4, -0.2) is 33.5 Å². The molecule has 0 spiro atoms. The summed E-state index contributed by atoms with van der Waals surface area (Å²) < 4.78 is 29.9. The van der Waals surface area contributed by atoms with Gasteiger partial charge in [0.2, 0.25) is 0 Å². The number of benzene rings is 3. The maximum atomic E-state index is 12.4. The fourth-order valence-corrected chi connectivity index (χ4v) is 4.40. The molecule has 0 atom stereocenters. The summed E-state index contributed by atoms with van der Waals surface area (Å²) in [7, 11) is -2.52. The number of allylic oxidation sites excluding steroid dienone is 2. The largest absolute Gasteiger partial charge is 0.372 e. The number of nitriles is 2. The lowest BCUT2D eigenvalue weighted by Crippen LogP contribution is -2.24. The smallest absolute Gasteiger partial charge is 0.303 e. The Balaban J connectivity index is 1.73. The number of rotatable bonds is 8. The Morgan fingerprint density at radius 1 is 1.06 bits per heavy atom. The van der Waals surface area contributed by atoms with Crippen molar-refractivity contribution < 1.29 is 17.5 Å². The molecule has 0 saturated heterocycles. The van der Waals surface area contributed by atoms with E-state index in [1.165, 1.54) is 12.1 Å². The summed E-state index contributed by atoms with van der Waals surface area (Å²) in [6.45, 7) is 1.75. The highest BCUT2D eigenvalue weighted by Crippen LogP contribution is 2.27. The van der Waals surface area contributed by atoms with Gasteiger partial charge in [-0.15, -0.1) is 0 Å². The van der Waals surface area contributed by atoms with Crippen molar-refractivity contribution in [1.29, 1.82) is 10.5 Å². The molecule has 0 saturated carbocycles. The highest BCUT2D eigenvalue weighted by Gasteiger charge is 2.26. The van der Waals surface area contributed by atoms with Crippen LogP contribution in [0.2, 0.25) is 0 Å². The number of fused-ring (bicyclic) bond motifs is 1. The van der Waals surface area contributed by atoms with Crippen LogP contribution in [0.4, 0.5) is 11.4 Å². The topological polar surface area (TPSA) is 137 Å². The van der Waals surface area contributed by atoms with Crippen LogP contribution < -0.4 is 4.90 Å². The fraction of sp³-hybridized carbons (Fsp3) is 0.167. The Bertz CT molecular complexity index is 1470. The number of hydrogen-bond donors (Lipinski definition) is 0. The van der Waals surface area contributed by atoms with Gasteiger partial charge in [-0.2, -0.15) is 18.9 Å². The summed E-state index contributed by atoms with van der Waals surface area (Å²) in [6, 6.07) is 20.1. The van der Waals surface area contributed by atoms with Crippen molar-refractivity contribution in [2.24, 2.45) is 0 Å². The molecule has 0 heterocycles. The molecule has 0 radical (unpaired) electrons. The zero-order chi connectivity index (χ0) is 24.9. The summed E-state index contributed by atoms with van der Waals surface area (Å²) in [5.41, 5.74) is 1.72. The number of anilines is 1. The molecule has 0 bridgehead atoms.